The first-order valence-electron chi connectivity index (χ1n) is 9.50. The van der Waals surface area contributed by atoms with E-state index < -0.39 is 0 Å². The number of amides is 2. The minimum atomic E-state index is -0.298. The average molecular weight is 371 g/mol. The van der Waals surface area contributed by atoms with Crippen molar-refractivity contribution in [3.8, 4) is 11.4 Å². The standard InChI is InChI=1S/C19H25N5O3/c1-22-7-2-5-16(22)14-13-15(21-20-14)18(25)23-8-4-9-24(11-10-23)19(26)17-6-3-12-27-17/h2,5,7,13,17H,3-4,6,8-12H2,1H3,(H,20,21). The molecule has 0 spiro atoms. The smallest absolute Gasteiger partial charge is 0.271 e. The van der Waals surface area contributed by atoms with Crippen LogP contribution in [0.2, 0.25) is 0 Å². The number of aryl methyl sites for hydroxylation is 1. The Balaban J connectivity index is 1.40. The van der Waals surface area contributed by atoms with Gasteiger partial charge in [0.2, 0.25) is 0 Å². The summed E-state index contributed by atoms with van der Waals surface area (Å²) >= 11 is 0. The van der Waals surface area contributed by atoms with Crippen LogP contribution in [0.5, 0.6) is 0 Å². The van der Waals surface area contributed by atoms with Gasteiger partial charge in [-0.25, -0.2) is 0 Å². The third kappa shape index (κ3) is 3.62. The van der Waals surface area contributed by atoms with Crippen LogP contribution in [0, 0.1) is 0 Å². The third-order valence-corrected chi connectivity index (χ3v) is 5.31. The van der Waals surface area contributed by atoms with Gasteiger partial charge in [-0.2, -0.15) is 5.10 Å². The van der Waals surface area contributed by atoms with Gasteiger partial charge < -0.3 is 19.1 Å². The Hall–Kier alpha value is -2.61. The van der Waals surface area contributed by atoms with Gasteiger partial charge in [0.15, 0.2) is 0 Å². The van der Waals surface area contributed by atoms with Crippen molar-refractivity contribution in [2.75, 3.05) is 32.8 Å². The number of aromatic amines is 1. The van der Waals surface area contributed by atoms with E-state index in [0.29, 0.717) is 38.5 Å². The zero-order valence-electron chi connectivity index (χ0n) is 15.6. The highest BCUT2D eigenvalue weighted by atomic mass is 16.5. The Morgan fingerprint density at radius 1 is 1.19 bits per heavy atom. The molecule has 1 atom stereocenters. The number of nitrogens with one attached hydrogen (secondary N) is 1. The molecule has 0 saturated carbocycles. The lowest BCUT2D eigenvalue weighted by Gasteiger charge is -2.24. The first-order valence-corrected chi connectivity index (χ1v) is 9.50. The predicted octanol–water partition coefficient (Wildman–Crippen LogP) is 1.27. The molecule has 2 aromatic rings. The first kappa shape index (κ1) is 17.8. The highest BCUT2D eigenvalue weighted by molar-refractivity contribution is 5.93. The van der Waals surface area contributed by atoms with Crippen LogP contribution in [0.1, 0.15) is 29.8 Å². The molecule has 2 saturated heterocycles. The van der Waals surface area contributed by atoms with Gasteiger partial charge in [-0.15, -0.1) is 0 Å². The topological polar surface area (TPSA) is 83.5 Å². The molecule has 2 aromatic heterocycles. The maximum Gasteiger partial charge on any atom is 0.271 e. The van der Waals surface area contributed by atoms with E-state index in [4.69, 9.17) is 4.74 Å². The molecule has 2 aliphatic heterocycles. The molecule has 1 N–H and O–H groups in total. The zero-order chi connectivity index (χ0) is 18.8. The Labute approximate surface area is 158 Å². The third-order valence-electron chi connectivity index (χ3n) is 5.31. The second-order valence-electron chi connectivity index (χ2n) is 7.14. The van der Waals surface area contributed by atoms with Gasteiger partial charge in [0.25, 0.3) is 11.8 Å². The molecule has 1 unspecified atom stereocenters. The van der Waals surface area contributed by atoms with Crippen LogP contribution in [0.3, 0.4) is 0 Å². The summed E-state index contributed by atoms with van der Waals surface area (Å²) in [5.41, 5.74) is 2.18. The van der Waals surface area contributed by atoms with E-state index >= 15 is 0 Å². The highest BCUT2D eigenvalue weighted by Gasteiger charge is 2.30. The minimum Gasteiger partial charge on any atom is -0.368 e. The van der Waals surface area contributed by atoms with E-state index in [0.717, 1.165) is 30.7 Å². The largest absolute Gasteiger partial charge is 0.368 e. The van der Waals surface area contributed by atoms with E-state index in [1.54, 1.807) is 11.0 Å². The molecule has 8 heteroatoms. The summed E-state index contributed by atoms with van der Waals surface area (Å²) in [4.78, 5) is 29.1. The summed E-state index contributed by atoms with van der Waals surface area (Å²) in [6.45, 7) is 3.03. The lowest BCUT2D eigenvalue weighted by atomic mass is 10.2. The highest BCUT2D eigenvalue weighted by Crippen LogP contribution is 2.19. The summed E-state index contributed by atoms with van der Waals surface area (Å²) < 4.78 is 7.48. The van der Waals surface area contributed by atoms with Crippen LogP contribution in [-0.4, -0.2) is 75.3 Å². The van der Waals surface area contributed by atoms with Crippen LogP contribution in [0.25, 0.3) is 11.4 Å². The SMILES string of the molecule is Cn1cccc1-c1cc(C(=O)N2CCCN(C(=O)C3CCCO3)CC2)[nH]n1. The van der Waals surface area contributed by atoms with Gasteiger partial charge in [-0.1, -0.05) is 0 Å². The molecular weight excluding hydrogens is 346 g/mol. The molecule has 0 aliphatic carbocycles. The number of H-pyrrole nitrogens is 1. The molecule has 0 radical (unpaired) electrons. The number of ether oxygens (including phenoxy) is 1. The van der Waals surface area contributed by atoms with Crippen molar-refractivity contribution in [3.63, 3.8) is 0 Å². The number of hydrogen-bond donors (Lipinski definition) is 1. The van der Waals surface area contributed by atoms with Gasteiger partial charge >= 0.3 is 0 Å². The fourth-order valence-electron chi connectivity index (χ4n) is 3.78. The molecule has 8 nitrogen and oxygen atoms in total. The van der Waals surface area contributed by atoms with Crippen molar-refractivity contribution < 1.29 is 14.3 Å². The maximum atomic E-state index is 12.9. The van der Waals surface area contributed by atoms with Crippen LogP contribution in [-0.2, 0) is 16.6 Å². The second-order valence-corrected chi connectivity index (χ2v) is 7.14. The zero-order valence-corrected chi connectivity index (χ0v) is 15.6. The quantitative estimate of drug-likeness (QED) is 0.881. The summed E-state index contributed by atoms with van der Waals surface area (Å²) in [6.07, 6.45) is 4.16. The number of carbonyl (C=O) groups excluding carboxylic acids is 2. The number of rotatable bonds is 3. The fourth-order valence-corrected chi connectivity index (χ4v) is 3.78. The normalized spacial score (nSPS) is 20.7. The Morgan fingerprint density at radius 3 is 2.74 bits per heavy atom. The molecular formula is C19H25N5O3. The number of aromatic nitrogens is 3. The molecule has 27 heavy (non-hydrogen) atoms. The summed E-state index contributed by atoms with van der Waals surface area (Å²) in [5, 5.41) is 7.14. The predicted molar refractivity (Wildman–Crippen MR) is 99.1 cm³/mol. The molecule has 0 bridgehead atoms. The molecule has 2 amide bonds. The Kier molecular flexibility index (Phi) is 4.98. The number of nitrogens with zero attached hydrogens (tertiary/aromatic N) is 4. The van der Waals surface area contributed by atoms with E-state index in [1.165, 1.54) is 0 Å². The van der Waals surface area contributed by atoms with Crippen molar-refractivity contribution in [2.24, 2.45) is 7.05 Å². The van der Waals surface area contributed by atoms with Crippen molar-refractivity contribution >= 4 is 11.8 Å². The molecule has 144 valence electrons. The maximum absolute atomic E-state index is 12.9. The minimum absolute atomic E-state index is 0.0642. The first-order chi connectivity index (χ1) is 13.1. The molecule has 2 aliphatic rings. The fraction of sp³-hybridized carbons (Fsp3) is 0.526. The van der Waals surface area contributed by atoms with Crippen LogP contribution in [0.4, 0.5) is 0 Å². The second kappa shape index (κ2) is 7.56. The summed E-state index contributed by atoms with van der Waals surface area (Å²) in [5.74, 6) is -0.0105. The van der Waals surface area contributed by atoms with Crippen LogP contribution >= 0.6 is 0 Å². The van der Waals surface area contributed by atoms with Crippen LogP contribution < -0.4 is 0 Å². The van der Waals surface area contributed by atoms with Crippen molar-refractivity contribution in [1.29, 1.82) is 0 Å². The molecule has 4 heterocycles. The van der Waals surface area contributed by atoms with E-state index in [2.05, 4.69) is 10.2 Å². The van der Waals surface area contributed by atoms with Crippen molar-refractivity contribution in [1.82, 2.24) is 24.6 Å². The van der Waals surface area contributed by atoms with Gasteiger partial charge in [0.05, 0.1) is 5.69 Å². The Morgan fingerprint density at radius 2 is 2.00 bits per heavy atom. The summed E-state index contributed by atoms with van der Waals surface area (Å²) in [6, 6.07) is 5.70. The van der Waals surface area contributed by atoms with Gasteiger partial charge in [-0.05, 0) is 37.5 Å². The van der Waals surface area contributed by atoms with E-state index in [1.807, 2.05) is 34.8 Å². The lowest BCUT2D eigenvalue weighted by molar-refractivity contribution is -0.140. The number of carbonyl (C=O) groups is 2. The Bertz CT molecular complexity index is 821. The van der Waals surface area contributed by atoms with Gasteiger partial charge in [0, 0.05) is 46.0 Å². The lowest BCUT2D eigenvalue weighted by Crippen LogP contribution is -2.41. The monoisotopic (exact) mass is 371 g/mol. The summed E-state index contributed by atoms with van der Waals surface area (Å²) in [7, 11) is 1.94. The average Bonchev–Trinajstić information content (AvgIpc) is 3.40. The van der Waals surface area contributed by atoms with E-state index in [-0.39, 0.29) is 17.9 Å². The number of hydrogen-bond acceptors (Lipinski definition) is 4. The van der Waals surface area contributed by atoms with E-state index in [9.17, 15) is 9.59 Å². The van der Waals surface area contributed by atoms with Gasteiger partial charge in [0.1, 0.15) is 17.5 Å². The van der Waals surface area contributed by atoms with Crippen molar-refractivity contribution in [2.45, 2.75) is 25.4 Å². The molecule has 0 aromatic carbocycles. The molecule has 2 fully saturated rings. The van der Waals surface area contributed by atoms with Crippen LogP contribution in [0.15, 0.2) is 24.4 Å². The van der Waals surface area contributed by atoms with Crippen molar-refractivity contribution in [3.05, 3.63) is 30.1 Å². The molecule has 4 rings (SSSR count). The van der Waals surface area contributed by atoms with Gasteiger partial charge in [-0.3, -0.25) is 14.7 Å².